The molecule has 4 nitrogen and oxygen atoms in total. The van der Waals surface area contributed by atoms with Gasteiger partial charge in [-0.2, -0.15) is 0 Å². The van der Waals surface area contributed by atoms with Crippen LogP contribution in [0, 0.1) is 5.82 Å². The molecule has 0 N–H and O–H groups in total. The summed E-state index contributed by atoms with van der Waals surface area (Å²) in [7, 11) is 0. The minimum absolute atomic E-state index is 0.0524. The number of hydrogen-bond acceptors (Lipinski definition) is 4. The summed E-state index contributed by atoms with van der Waals surface area (Å²) in [5, 5.41) is 0. The lowest BCUT2D eigenvalue weighted by Crippen LogP contribution is -2.07. The average Bonchev–Trinajstić information content (AvgIpc) is 2.95. The SMILES string of the molecule is C=CCOc1c(Br)cc(/C=C2\N=C(c3ccccc3F)OC2=O)cc1Br. The number of carbonyl (C=O) groups is 1. The Morgan fingerprint density at radius 2 is 1.92 bits per heavy atom. The molecule has 2 aromatic rings. The molecule has 132 valence electrons. The molecule has 0 unspecified atom stereocenters. The van der Waals surface area contributed by atoms with Crippen molar-refractivity contribution >= 4 is 49.8 Å². The van der Waals surface area contributed by atoms with Crippen LogP contribution in [0.1, 0.15) is 11.1 Å². The zero-order valence-corrected chi connectivity index (χ0v) is 16.5. The number of rotatable bonds is 5. The fourth-order valence-electron chi connectivity index (χ4n) is 2.26. The average molecular weight is 481 g/mol. The first-order valence-electron chi connectivity index (χ1n) is 7.50. The van der Waals surface area contributed by atoms with E-state index < -0.39 is 11.8 Å². The molecular formula is C19H12Br2FNO3. The van der Waals surface area contributed by atoms with Crippen molar-refractivity contribution in [2.45, 2.75) is 0 Å². The van der Waals surface area contributed by atoms with E-state index in [-0.39, 0.29) is 17.2 Å². The maximum Gasteiger partial charge on any atom is 0.363 e. The second-order valence-electron chi connectivity index (χ2n) is 5.23. The highest BCUT2D eigenvalue weighted by Gasteiger charge is 2.26. The van der Waals surface area contributed by atoms with Crippen LogP contribution in [-0.2, 0) is 9.53 Å². The van der Waals surface area contributed by atoms with E-state index in [1.165, 1.54) is 12.1 Å². The van der Waals surface area contributed by atoms with Gasteiger partial charge in [0.15, 0.2) is 5.70 Å². The van der Waals surface area contributed by atoms with E-state index in [1.54, 1.807) is 36.4 Å². The molecule has 0 saturated carbocycles. The number of carbonyl (C=O) groups excluding carboxylic acids is 1. The van der Waals surface area contributed by atoms with Crippen molar-refractivity contribution in [3.63, 3.8) is 0 Å². The molecule has 0 fully saturated rings. The fourth-order valence-corrected chi connectivity index (χ4v) is 3.71. The van der Waals surface area contributed by atoms with Gasteiger partial charge in [-0.15, -0.1) is 0 Å². The predicted octanol–water partition coefficient (Wildman–Crippen LogP) is 5.26. The third-order valence-corrected chi connectivity index (χ3v) is 4.57. The van der Waals surface area contributed by atoms with Gasteiger partial charge in [0.25, 0.3) is 0 Å². The largest absolute Gasteiger partial charge is 0.487 e. The Bertz CT molecular complexity index is 931. The summed E-state index contributed by atoms with van der Waals surface area (Å²) in [5.41, 5.74) is 0.918. The number of cyclic esters (lactones) is 1. The first-order valence-corrected chi connectivity index (χ1v) is 9.08. The molecule has 26 heavy (non-hydrogen) atoms. The minimum atomic E-state index is -0.637. The van der Waals surface area contributed by atoms with Crippen molar-refractivity contribution < 1.29 is 18.7 Å². The molecule has 0 atom stereocenters. The van der Waals surface area contributed by atoms with Gasteiger partial charge in [0.1, 0.15) is 18.2 Å². The van der Waals surface area contributed by atoms with Crippen LogP contribution in [0.4, 0.5) is 4.39 Å². The Morgan fingerprint density at radius 1 is 1.23 bits per heavy atom. The summed E-state index contributed by atoms with van der Waals surface area (Å²) in [5.74, 6) is -0.572. The second kappa shape index (κ2) is 7.97. The molecule has 7 heteroatoms. The van der Waals surface area contributed by atoms with Gasteiger partial charge in [0.05, 0.1) is 14.5 Å². The molecular weight excluding hydrogens is 469 g/mol. The number of benzene rings is 2. The van der Waals surface area contributed by atoms with Crippen LogP contribution >= 0.6 is 31.9 Å². The van der Waals surface area contributed by atoms with Crippen molar-refractivity contribution in [1.29, 1.82) is 0 Å². The molecule has 0 bridgehead atoms. The molecule has 2 aromatic carbocycles. The molecule has 0 amide bonds. The summed E-state index contributed by atoms with van der Waals surface area (Å²) in [6.45, 7) is 3.97. The smallest absolute Gasteiger partial charge is 0.363 e. The van der Waals surface area contributed by atoms with Gasteiger partial charge >= 0.3 is 5.97 Å². The van der Waals surface area contributed by atoms with Crippen LogP contribution < -0.4 is 4.74 Å². The molecule has 0 saturated heterocycles. The van der Waals surface area contributed by atoms with Gasteiger partial charge < -0.3 is 9.47 Å². The van der Waals surface area contributed by atoms with Gasteiger partial charge in [0.2, 0.25) is 5.90 Å². The lowest BCUT2D eigenvalue weighted by Gasteiger charge is -2.09. The Hall–Kier alpha value is -2.25. The highest BCUT2D eigenvalue weighted by Crippen LogP contribution is 2.35. The minimum Gasteiger partial charge on any atom is -0.487 e. The van der Waals surface area contributed by atoms with Gasteiger partial charge in [-0.3, -0.25) is 0 Å². The lowest BCUT2D eigenvalue weighted by atomic mass is 10.2. The zero-order valence-electron chi connectivity index (χ0n) is 13.3. The molecule has 1 aliphatic heterocycles. The standard InChI is InChI=1S/C19H12Br2FNO3/c1-2-7-25-17-13(20)8-11(9-14(17)21)10-16-19(24)26-18(23-16)12-5-3-4-6-15(12)22/h2-6,8-10H,1,7H2/b16-10-. The zero-order chi connectivity index (χ0) is 18.7. The van der Waals surface area contributed by atoms with Gasteiger partial charge in [0, 0.05) is 0 Å². The van der Waals surface area contributed by atoms with Crippen LogP contribution in [-0.4, -0.2) is 18.5 Å². The molecule has 0 radical (unpaired) electrons. The number of halogens is 3. The van der Waals surface area contributed by atoms with Crippen LogP contribution in [0.5, 0.6) is 5.75 Å². The number of hydrogen-bond donors (Lipinski definition) is 0. The molecule has 1 heterocycles. The van der Waals surface area contributed by atoms with E-state index >= 15 is 0 Å². The topological polar surface area (TPSA) is 47.9 Å². The number of ether oxygens (including phenoxy) is 2. The molecule has 0 spiro atoms. The predicted molar refractivity (Wildman–Crippen MR) is 105 cm³/mol. The number of nitrogens with zero attached hydrogens (tertiary/aromatic N) is 1. The van der Waals surface area contributed by atoms with Crippen molar-refractivity contribution in [3.8, 4) is 5.75 Å². The van der Waals surface area contributed by atoms with Crippen LogP contribution in [0.3, 0.4) is 0 Å². The van der Waals surface area contributed by atoms with E-state index in [9.17, 15) is 9.18 Å². The normalized spacial score (nSPS) is 15.0. The van der Waals surface area contributed by atoms with E-state index in [1.807, 2.05) is 0 Å². The molecule has 0 aliphatic carbocycles. The van der Waals surface area contributed by atoms with Crippen molar-refractivity contribution in [1.82, 2.24) is 0 Å². The first kappa shape index (κ1) is 18.5. The second-order valence-corrected chi connectivity index (χ2v) is 6.94. The van der Waals surface area contributed by atoms with Crippen molar-refractivity contribution in [3.05, 3.63) is 80.6 Å². The number of aliphatic imine (C=N–C) groups is 1. The Balaban J connectivity index is 1.93. The van der Waals surface area contributed by atoms with Gasteiger partial charge in [-0.1, -0.05) is 24.8 Å². The first-order chi connectivity index (χ1) is 12.5. The third-order valence-electron chi connectivity index (χ3n) is 3.39. The maximum absolute atomic E-state index is 13.8. The van der Waals surface area contributed by atoms with Crippen molar-refractivity contribution in [2.75, 3.05) is 6.61 Å². The fraction of sp³-hybridized carbons (Fsp3) is 0.0526. The van der Waals surface area contributed by atoms with Crippen molar-refractivity contribution in [2.24, 2.45) is 4.99 Å². The van der Waals surface area contributed by atoms with E-state index in [0.29, 0.717) is 26.9 Å². The summed E-state index contributed by atoms with van der Waals surface area (Å²) in [6, 6.07) is 9.54. The Kier molecular flexibility index (Phi) is 5.68. The highest BCUT2D eigenvalue weighted by atomic mass is 79.9. The Labute approximate surface area is 166 Å². The van der Waals surface area contributed by atoms with Crippen LogP contribution in [0.25, 0.3) is 6.08 Å². The van der Waals surface area contributed by atoms with Gasteiger partial charge in [-0.05, 0) is 67.8 Å². The van der Waals surface area contributed by atoms with E-state index in [4.69, 9.17) is 9.47 Å². The molecule has 3 rings (SSSR count). The monoisotopic (exact) mass is 479 g/mol. The Morgan fingerprint density at radius 3 is 2.58 bits per heavy atom. The van der Waals surface area contributed by atoms with E-state index in [2.05, 4.69) is 43.4 Å². The number of esters is 1. The van der Waals surface area contributed by atoms with Gasteiger partial charge in [-0.25, -0.2) is 14.2 Å². The summed E-state index contributed by atoms with van der Waals surface area (Å²) in [4.78, 5) is 16.2. The van der Waals surface area contributed by atoms with Crippen LogP contribution in [0.15, 0.2) is 68.7 Å². The van der Waals surface area contributed by atoms with E-state index in [0.717, 1.165) is 0 Å². The quantitative estimate of drug-likeness (QED) is 0.333. The van der Waals surface area contributed by atoms with Crippen LogP contribution in [0.2, 0.25) is 0 Å². The highest BCUT2D eigenvalue weighted by molar-refractivity contribution is 9.11. The summed E-state index contributed by atoms with van der Waals surface area (Å²) in [6.07, 6.45) is 3.20. The maximum atomic E-state index is 13.8. The molecule has 1 aliphatic rings. The summed E-state index contributed by atoms with van der Waals surface area (Å²) >= 11 is 6.86. The summed E-state index contributed by atoms with van der Waals surface area (Å²) < 4.78 is 25.9. The third kappa shape index (κ3) is 3.94. The molecule has 0 aromatic heterocycles. The lowest BCUT2D eigenvalue weighted by molar-refractivity contribution is -0.129.